The molecule has 0 radical (unpaired) electrons. The van der Waals surface area contributed by atoms with Gasteiger partial charge in [0.25, 0.3) is 10.0 Å². The van der Waals surface area contributed by atoms with Gasteiger partial charge < -0.3 is 4.74 Å². The average Bonchev–Trinajstić information content (AvgIpc) is 2.60. The quantitative estimate of drug-likeness (QED) is 0.498. The maximum atomic E-state index is 13.1. The van der Waals surface area contributed by atoms with Crippen molar-refractivity contribution >= 4 is 15.8 Å². The van der Waals surface area contributed by atoms with Crippen LogP contribution in [0.15, 0.2) is 78.3 Å². The molecule has 0 N–H and O–H groups in total. The summed E-state index contributed by atoms with van der Waals surface area (Å²) in [7, 11) is -3.73. The Morgan fingerprint density at radius 2 is 1.67 bits per heavy atom. The van der Waals surface area contributed by atoms with Crippen molar-refractivity contribution in [1.29, 1.82) is 0 Å². The smallest absolute Gasteiger partial charge is 0.264 e. The number of hydrogen-bond acceptors (Lipinski definition) is 3. The van der Waals surface area contributed by atoms with E-state index in [1.54, 1.807) is 30.3 Å². The molecule has 0 saturated heterocycles. The maximum absolute atomic E-state index is 13.1. The van der Waals surface area contributed by atoms with Gasteiger partial charge in [0, 0.05) is 5.56 Å². The van der Waals surface area contributed by atoms with Crippen LogP contribution in [-0.4, -0.2) is 24.9 Å². The monoisotopic (exact) mass is 385 g/mol. The molecule has 0 bridgehead atoms. The first-order valence-electron chi connectivity index (χ1n) is 8.79. The Labute approximate surface area is 162 Å². The van der Waals surface area contributed by atoms with Crippen LogP contribution in [0.3, 0.4) is 0 Å². The maximum Gasteiger partial charge on any atom is 0.264 e. The number of aryl methyl sites for hydroxylation is 1. The second-order valence-corrected chi connectivity index (χ2v) is 9.14. The Morgan fingerprint density at radius 3 is 2.19 bits per heavy atom. The topological polar surface area (TPSA) is 46.6 Å². The Hall–Kier alpha value is -2.53. The largest absolute Gasteiger partial charge is 0.486 e. The Bertz CT molecular complexity index is 893. The molecule has 0 amide bonds. The predicted octanol–water partition coefficient (Wildman–Crippen LogP) is 4.99. The first-order chi connectivity index (χ1) is 12.6. The second-order valence-electron chi connectivity index (χ2n) is 7.25. The van der Waals surface area contributed by atoms with Crippen LogP contribution in [0.4, 0.5) is 0 Å². The molecule has 0 aromatic heterocycles. The highest BCUT2D eigenvalue weighted by molar-refractivity contribution is 7.89. The lowest BCUT2D eigenvalue weighted by Gasteiger charge is -2.26. The van der Waals surface area contributed by atoms with Gasteiger partial charge in [0.2, 0.25) is 0 Å². The third kappa shape index (κ3) is 5.73. The zero-order chi connectivity index (χ0) is 20.1. The van der Waals surface area contributed by atoms with Crippen LogP contribution in [0, 0.1) is 6.92 Å². The van der Waals surface area contributed by atoms with Crippen molar-refractivity contribution in [2.75, 3.05) is 6.54 Å². The molecule has 2 rings (SSSR count). The summed E-state index contributed by atoms with van der Waals surface area (Å²) in [5.41, 5.74) is 1.33. The lowest BCUT2D eigenvalue weighted by Crippen LogP contribution is -2.28. The van der Waals surface area contributed by atoms with Crippen molar-refractivity contribution in [3.8, 4) is 0 Å². The van der Waals surface area contributed by atoms with Crippen molar-refractivity contribution in [3.63, 3.8) is 0 Å². The van der Waals surface area contributed by atoms with Crippen molar-refractivity contribution in [3.05, 3.63) is 84.6 Å². The van der Waals surface area contributed by atoms with Gasteiger partial charge in [-0.15, -0.1) is 6.58 Å². The van der Waals surface area contributed by atoms with E-state index in [0.717, 1.165) is 11.1 Å². The molecule has 0 aliphatic heterocycles. The third-order valence-electron chi connectivity index (χ3n) is 3.67. The van der Waals surface area contributed by atoms with Crippen molar-refractivity contribution in [1.82, 2.24) is 4.31 Å². The molecule has 0 atom stereocenters. The van der Waals surface area contributed by atoms with E-state index in [9.17, 15) is 8.42 Å². The normalized spacial score (nSPS) is 12.5. The Kier molecular flexibility index (Phi) is 6.50. The molecule has 0 spiro atoms. The zero-order valence-electron chi connectivity index (χ0n) is 16.3. The summed E-state index contributed by atoms with van der Waals surface area (Å²) in [5.74, 6) is 0.487. The minimum absolute atomic E-state index is 0.139. The van der Waals surface area contributed by atoms with E-state index in [2.05, 4.69) is 6.58 Å². The third-order valence-corrected chi connectivity index (χ3v) is 5.41. The van der Waals surface area contributed by atoms with Gasteiger partial charge in [-0.3, -0.25) is 4.31 Å². The standard InChI is InChI=1S/C22H27NO3S/c1-6-16-23(27(24,25)20-14-12-18(2)13-15-20)17-21(26-22(3,4)5)19-10-8-7-9-11-19/h6-15,17H,1,16H2,2-5H3/b21-17-. The number of ether oxygens (including phenoxy) is 1. The van der Waals surface area contributed by atoms with Crippen LogP contribution >= 0.6 is 0 Å². The summed E-state index contributed by atoms with van der Waals surface area (Å²) in [6, 6.07) is 16.3. The molecule has 5 heteroatoms. The molecular weight excluding hydrogens is 358 g/mol. The molecule has 144 valence electrons. The summed E-state index contributed by atoms with van der Waals surface area (Å²) in [6.07, 6.45) is 3.10. The van der Waals surface area contributed by atoms with Crippen molar-refractivity contribution < 1.29 is 13.2 Å². The zero-order valence-corrected chi connectivity index (χ0v) is 17.2. The summed E-state index contributed by atoms with van der Waals surface area (Å²) in [6.45, 7) is 11.5. The molecule has 0 saturated carbocycles. The SMILES string of the molecule is C=CCN(/C=C(\OC(C)(C)C)c1ccccc1)S(=O)(=O)c1ccc(C)cc1. The van der Waals surface area contributed by atoms with E-state index < -0.39 is 15.6 Å². The lowest BCUT2D eigenvalue weighted by molar-refractivity contribution is 0.0956. The first-order valence-corrected chi connectivity index (χ1v) is 10.2. The highest BCUT2D eigenvalue weighted by Crippen LogP contribution is 2.26. The van der Waals surface area contributed by atoms with Gasteiger partial charge in [-0.05, 0) is 39.8 Å². The van der Waals surface area contributed by atoms with E-state index in [1.165, 1.54) is 10.5 Å². The van der Waals surface area contributed by atoms with E-state index >= 15 is 0 Å². The van der Waals surface area contributed by atoms with E-state index in [-0.39, 0.29) is 11.4 Å². The first kappa shape index (κ1) is 20.8. The molecule has 4 nitrogen and oxygen atoms in total. The fraction of sp³-hybridized carbons (Fsp3) is 0.273. The fourth-order valence-corrected chi connectivity index (χ4v) is 3.70. The van der Waals surface area contributed by atoms with Gasteiger partial charge in [0.15, 0.2) is 0 Å². The van der Waals surface area contributed by atoms with Crippen LogP contribution in [0.2, 0.25) is 0 Å². The van der Waals surface area contributed by atoms with E-state index in [0.29, 0.717) is 5.76 Å². The molecular formula is C22H27NO3S. The molecule has 27 heavy (non-hydrogen) atoms. The Morgan fingerprint density at radius 1 is 1.07 bits per heavy atom. The van der Waals surface area contributed by atoms with Crippen LogP contribution in [-0.2, 0) is 14.8 Å². The predicted molar refractivity (Wildman–Crippen MR) is 111 cm³/mol. The molecule has 0 fully saturated rings. The number of nitrogens with zero attached hydrogens (tertiary/aromatic N) is 1. The van der Waals surface area contributed by atoms with Gasteiger partial charge in [0.05, 0.1) is 17.6 Å². The minimum atomic E-state index is -3.73. The molecule has 0 unspecified atom stereocenters. The summed E-state index contributed by atoms with van der Waals surface area (Å²) >= 11 is 0. The highest BCUT2D eigenvalue weighted by Gasteiger charge is 2.23. The fourth-order valence-electron chi connectivity index (χ4n) is 2.42. The molecule has 0 aliphatic carbocycles. The second kappa shape index (κ2) is 8.44. The van der Waals surface area contributed by atoms with Gasteiger partial charge in [-0.1, -0.05) is 54.1 Å². The van der Waals surface area contributed by atoms with Gasteiger partial charge in [0.1, 0.15) is 11.4 Å². The van der Waals surface area contributed by atoms with E-state index in [1.807, 2.05) is 58.0 Å². The number of hydrogen-bond donors (Lipinski definition) is 0. The molecule has 2 aromatic rings. The van der Waals surface area contributed by atoms with Crippen LogP contribution < -0.4 is 0 Å². The summed E-state index contributed by atoms with van der Waals surface area (Å²) < 4.78 is 33.6. The highest BCUT2D eigenvalue weighted by atomic mass is 32.2. The molecule has 0 aliphatic rings. The number of rotatable bonds is 7. The van der Waals surface area contributed by atoms with Crippen molar-refractivity contribution in [2.45, 2.75) is 38.2 Å². The van der Waals surface area contributed by atoms with E-state index in [4.69, 9.17) is 4.74 Å². The van der Waals surface area contributed by atoms with Crippen LogP contribution in [0.25, 0.3) is 5.76 Å². The Balaban J connectivity index is 2.53. The lowest BCUT2D eigenvalue weighted by atomic mass is 10.1. The summed E-state index contributed by atoms with van der Waals surface area (Å²) in [4.78, 5) is 0.231. The van der Waals surface area contributed by atoms with Gasteiger partial charge in [-0.25, -0.2) is 8.42 Å². The van der Waals surface area contributed by atoms with Gasteiger partial charge >= 0.3 is 0 Å². The summed E-state index contributed by atoms with van der Waals surface area (Å²) in [5, 5.41) is 0. The molecule has 2 aromatic carbocycles. The average molecular weight is 386 g/mol. The van der Waals surface area contributed by atoms with Gasteiger partial charge in [-0.2, -0.15) is 0 Å². The number of sulfonamides is 1. The van der Waals surface area contributed by atoms with Crippen LogP contribution in [0.1, 0.15) is 31.9 Å². The van der Waals surface area contributed by atoms with Crippen LogP contribution in [0.5, 0.6) is 0 Å². The molecule has 0 heterocycles. The minimum Gasteiger partial charge on any atom is -0.486 e. The number of benzene rings is 2. The van der Waals surface area contributed by atoms with Crippen molar-refractivity contribution in [2.24, 2.45) is 0 Å².